The summed E-state index contributed by atoms with van der Waals surface area (Å²) in [5.41, 5.74) is 1.24. The number of hydrogen-bond acceptors (Lipinski definition) is 11. The molecule has 0 aliphatic heterocycles. The monoisotopic (exact) mass is 1110 g/mol. The van der Waals surface area contributed by atoms with E-state index in [-0.39, 0.29) is 49.3 Å². The van der Waals surface area contributed by atoms with Gasteiger partial charge in [-0.15, -0.1) is 0 Å². The van der Waals surface area contributed by atoms with E-state index in [4.69, 9.17) is 0 Å². The lowest BCUT2D eigenvalue weighted by Crippen LogP contribution is -2.61. The number of likely N-dealkylation sites (N-methyl/N-ethyl adjacent to an activating group) is 1. The highest BCUT2D eigenvalue weighted by molar-refractivity contribution is 7.98. The molecular weight excluding hydrogens is 1010 g/mol. The number of hydrogen-bond donors (Lipinski definition) is 10. The Morgan fingerprint density at radius 1 is 0.564 bits per heavy atom. The van der Waals surface area contributed by atoms with Crippen LogP contribution >= 0.6 is 11.8 Å². The van der Waals surface area contributed by atoms with Gasteiger partial charge < -0.3 is 52.6 Å². The lowest BCUT2D eigenvalue weighted by molar-refractivity contribution is -0.136. The summed E-state index contributed by atoms with van der Waals surface area (Å²) >= 11 is 1.52. The first kappa shape index (κ1) is 68.6. The van der Waals surface area contributed by atoms with Crippen LogP contribution in [0.2, 0.25) is 0 Å². The number of thioether (sulfide) groups is 1. The number of benzene rings is 1. The van der Waals surface area contributed by atoms with Crippen LogP contribution in [0.5, 0.6) is 0 Å². The molecule has 0 bridgehead atoms. The molecule has 0 spiro atoms. The molecule has 8 amide bonds. The number of carbonyl (C=O) groups excluding carboxylic acids is 8. The largest absolute Gasteiger partial charge is 0.394 e. The minimum Gasteiger partial charge on any atom is -0.394 e. The topological polar surface area (TPSA) is 282 Å². The molecule has 0 saturated heterocycles. The molecule has 0 fully saturated rings. The highest BCUT2D eigenvalue weighted by Crippen LogP contribution is 2.16. The lowest BCUT2D eigenvalue weighted by Gasteiger charge is -2.30. The van der Waals surface area contributed by atoms with Crippen molar-refractivity contribution in [2.45, 2.75) is 219 Å². The van der Waals surface area contributed by atoms with Gasteiger partial charge in [-0.1, -0.05) is 162 Å². The zero-order valence-electron chi connectivity index (χ0n) is 48.4. The maximum absolute atomic E-state index is 14.3. The van der Waals surface area contributed by atoms with Gasteiger partial charge in [0.15, 0.2) is 0 Å². The molecule has 1 heterocycles. The number of carbonyl (C=O) groups is 8. The summed E-state index contributed by atoms with van der Waals surface area (Å²) in [5, 5.41) is 32.4. The van der Waals surface area contributed by atoms with Gasteiger partial charge in [0.05, 0.1) is 12.9 Å². The average molecular weight is 1110 g/mol. The fourth-order valence-corrected chi connectivity index (χ4v) is 9.51. The number of aromatic nitrogens is 2. The molecule has 440 valence electrons. The summed E-state index contributed by atoms with van der Waals surface area (Å²) in [5.74, 6) is -4.87. The van der Waals surface area contributed by atoms with Gasteiger partial charge >= 0.3 is 0 Å². The molecule has 20 heteroatoms. The number of aromatic amines is 1. The van der Waals surface area contributed by atoms with Crippen LogP contribution < -0.4 is 42.5 Å². The van der Waals surface area contributed by atoms with Crippen LogP contribution in [0.15, 0.2) is 42.9 Å². The molecule has 2 rings (SSSR count). The van der Waals surface area contributed by atoms with E-state index >= 15 is 0 Å². The molecule has 2 aromatic rings. The summed E-state index contributed by atoms with van der Waals surface area (Å²) in [4.78, 5) is 118. The maximum Gasteiger partial charge on any atom is 0.245 e. The second-order valence-corrected chi connectivity index (χ2v) is 22.6. The van der Waals surface area contributed by atoms with E-state index in [0.29, 0.717) is 37.1 Å². The van der Waals surface area contributed by atoms with Crippen LogP contribution in [0.1, 0.15) is 175 Å². The second kappa shape index (κ2) is 39.8. The van der Waals surface area contributed by atoms with Crippen LogP contribution in [0.4, 0.5) is 0 Å². The number of amides is 8. The quantitative estimate of drug-likeness (QED) is 0.0360. The number of aliphatic hydroxyl groups excluding tert-OH is 1. The molecule has 0 saturated carbocycles. The Bertz CT molecular complexity index is 2060. The minimum atomic E-state index is -1.58. The van der Waals surface area contributed by atoms with Gasteiger partial charge in [0.2, 0.25) is 47.3 Å². The van der Waals surface area contributed by atoms with E-state index in [0.717, 1.165) is 24.8 Å². The van der Waals surface area contributed by atoms with Crippen molar-refractivity contribution in [3.8, 4) is 0 Å². The van der Waals surface area contributed by atoms with E-state index in [1.165, 1.54) is 89.1 Å². The highest BCUT2D eigenvalue weighted by atomic mass is 32.2. The summed E-state index contributed by atoms with van der Waals surface area (Å²) < 4.78 is 0. The van der Waals surface area contributed by atoms with E-state index in [9.17, 15) is 43.5 Å². The fraction of sp³-hybridized carbons (Fsp3) is 0.707. The van der Waals surface area contributed by atoms with Crippen LogP contribution in [-0.4, -0.2) is 130 Å². The van der Waals surface area contributed by atoms with E-state index < -0.39 is 90.3 Å². The number of rotatable bonds is 42. The number of imidazole rings is 1. The SMILES string of the molecule is CCCCCCCCCCCCCCCC(=O)N[C@@H](CC(C)C)C(=O)N[C@@H](Cc1cnc[nH]1)C(=O)N[C@@H](CO)C(=O)N[C@@H](CC(C)C)C(=O)N[C@H](C(=O)N[C@@H](Cc1ccccc1)C(=O)N[C@@H](CCSC)C(=O)NC)[C@@H](C)CC. The number of unbranched alkanes of at least 4 members (excludes halogenated alkanes) is 12. The predicted octanol–water partition coefficient (Wildman–Crippen LogP) is 5.70. The van der Waals surface area contributed by atoms with Crippen LogP contribution in [-0.2, 0) is 51.2 Å². The van der Waals surface area contributed by atoms with Gasteiger partial charge in [-0.3, -0.25) is 38.4 Å². The highest BCUT2D eigenvalue weighted by Gasteiger charge is 2.36. The lowest BCUT2D eigenvalue weighted by atomic mass is 9.95. The molecule has 0 aliphatic rings. The van der Waals surface area contributed by atoms with Crippen molar-refractivity contribution >= 4 is 59.0 Å². The molecule has 10 N–H and O–H groups in total. The first-order valence-corrected chi connectivity index (χ1v) is 30.2. The number of aliphatic hydroxyl groups is 1. The van der Waals surface area contributed by atoms with Gasteiger partial charge in [-0.05, 0) is 61.0 Å². The van der Waals surface area contributed by atoms with E-state index in [1.807, 2.05) is 59.1 Å². The standard InChI is InChI=1S/C58H98N10O9S/c1-10-12-13-14-15-16-17-18-19-20-21-22-26-29-50(70)62-45(32-39(3)4)53(72)65-48(35-43-36-60-38-61-43)55(74)67-49(37-69)57(76)64-46(33-40(5)6)56(75)68-51(41(7)11-2)58(77)66-47(34-42-27-24-23-25-28-42)54(73)63-44(30-31-78-9)52(71)59-8/h23-25,27-28,36,38-41,44-49,51,69H,10-22,26,29-35,37H2,1-9H3,(H,59,71)(H,60,61)(H,62,70)(H,63,73)(H,64,76)(H,65,72)(H,66,77)(H,67,74)(H,68,75)/t41-,44-,45-,46-,47-,48-,49-,51-/m0/s1. The van der Waals surface area contributed by atoms with Gasteiger partial charge in [0, 0.05) is 38.2 Å². The van der Waals surface area contributed by atoms with E-state index in [2.05, 4.69) is 59.4 Å². The summed E-state index contributed by atoms with van der Waals surface area (Å²) in [6.45, 7) is 12.5. The Labute approximate surface area is 469 Å². The van der Waals surface area contributed by atoms with Gasteiger partial charge in [0.1, 0.15) is 42.3 Å². The Morgan fingerprint density at radius 3 is 1.55 bits per heavy atom. The third kappa shape index (κ3) is 27.9. The van der Waals surface area contributed by atoms with Crippen molar-refractivity contribution in [1.82, 2.24) is 52.5 Å². The molecule has 78 heavy (non-hydrogen) atoms. The third-order valence-electron chi connectivity index (χ3n) is 13.8. The predicted molar refractivity (Wildman–Crippen MR) is 309 cm³/mol. The number of nitrogens with zero attached hydrogens (tertiary/aromatic N) is 1. The zero-order valence-corrected chi connectivity index (χ0v) is 49.3. The Balaban J connectivity index is 2.21. The van der Waals surface area contributed by atoms with Crippen LogP contribution in [0.3, 0.4) is 0 Å². The second-order valence-electron chi connectivity index (χ2n) is 21.6. The normalized spacial score (nSPS) is 14.4. The third-order valence-corrected chi connectivity index (χ3v) is 14.5. The maximum atomic E-state index is 14.3. The first-order valence-electron chi connectivity index (χ1n) is 28.8. The molecule has 1 aromatic heterocycles. The van der Waals surface area contributed by atoms with E-state index in [1.54, 1.807) is 19.1 Å². The number of H-pyrrole nitrogens is 1. The van der Waals surface area contributed by atoms with Crippen molar-refractivity contribution in [3.05, 3.63) is 54.1 Å². The summed E-state index contributed by atoms with van der Waals surface area (Å²) in [6, 6.07) is 0.860. The van der Waals surface area contributed by atoms with Gasteiger partial charge in [0.25, 0.3) is 0 Å². The molecule has 0 radical (unpaired) electrons. The zero-order chi connectivity index (χ0) is 57.8. The molecule has 19 nitrogen and oxygen atoms in total. The van der Waals surface area contributed by atoms with Gasteiger partial charge in [-0.2, -0.15) is 11.8 Å². The Kier molecular flexibility index (Phi) is 35.0. The Hall–Kier alpha value is -5.50. The summed E-state index contributed by atoms with van der Waals surface area (Å²) in [6.07, 6.45) is 21.6. The number of nitrogens with one attached hydrogen (secondary N) is 9. The van der Waals surface area contributed by atoms with Crippen molar-refractivity contribution in [2.24, 2.45) is 17.8 Å². The first-order chi connectivity index (χ1) is 37.4. The van der Waals surface area contributed by atoms with Crippen molar-refractivity contribution in [2.75, 3.05) is 25.7 Å². The van der Waals surface area contributed by atoms with Crippen molar-refractivity contribution in [1.29, 1.82) is 0 Å². The smallest absolute Gasteiger partial charge is 0.245 e. The fourth-order valence-electron chi connectivity index (χ4n) is 9.04. The molecular formula is C58H98N10O9S. The van der Waals surface area contributed by atoms with Gasteiger partial charge in [-0.25, -0.2) is 4.98 Å². The van der Waals surface area contributed by atoms with Crippen molar-refractivity contribution in [3.63, 3.8) is 0 Å². The molecule has 8 atom stereocenters. The van der Waals surface area contributed by atoms with Crippen molar-refractivity contribution < 1.29 is 43.5 Å². The molecule has 0 aliphatic carbocycles. The van der Waals surface area contributed by atoms with Crippen LogP contribution in [0, 0.1) is 17.8 Å². The minimum absolute atomic E-state index is 0.0116. The molecule has 0 unspecified atom stereocenters. The molecule has 1 aromatic carbocycles. The summed E-state index contributed by atoms with van der Waals surface area (Å²) in [7, 11) is 1.48. The average Bonchev–Trinajstić information content (AvgIpc) is 3.94. The van der Waals surface area contributed by atoms with Crippen LogP contribution in [0.25, 0.3) is 0 Å². The Morgan fingerprint density at radius 2 is 1.04 bits per heavy atom.